The third-order valence-electron chi connectivity index (χ3n) is 5.09. The maximum absolute atomic E-state index is 5.62. The van der Waals surface area contributed by atoms with Crippen LogP contribution in [0.2, 0.25) is 0 Å². The molecule has 0 bridgehead atoms. The molecule has 0 atom stereocenters. The highest BCUT2D eigenvalue weighted by atomic mass is 16.5. The normalized spacial score (nSPS) is 14.5. The van der Waals surface area contributed by atoms with Gasteiger partial charge in [0, 0.05) is 48.8 Å². The molecule has 4 aromatic rings. The van der Waals surface area contributed by atoms with Crippen LogP contribution in [0.4, 0.5) is 0 Å². The highest BCUT2D eigenvalue weighted by Crippen LogP contribution is 2.31. The first-order valence-corrected chi connectivity index (χ1v) is 8.96. The number of hydrogen-bond donors (Lipinski definition) is 0. The zero-order valence-electron chi connectivity index (χ0n) is 14.4. The van der Waals surface area contributed by atoms with Gasteiger partial charge in [-0.25, -0.2) is 0 Å². The van der Waals surface area contributed by atoms with Crippen LogP contribution in [0.1, 0.15) is 16.9 Å². The van der Waals surface area contributed by atoms with Crippen LogP contribution in [0.25, 0.3) is 22.2 Å². The average molecular weight is 341 g/mol. The fourth-order valence-electron chi connectivity index (χ4n) is 3.76. The van der Waals surface area contributed by atoms with Gasteiger partial charge in [-0.05, 0) is 17.7 Å². The van der Waals surface area contributed by atoms with Crippen LogP contribution in [-0.2, 0) is 19.5 Å². The number of fused-ring (bicyclic) bond motifs is 2. The Hall–Kier alpha value is -2.98. The molecule has 128 valence electrons. The van der Waals surface area contributed by atoms with E-state index in [1.165, 1.54) is 16.5 Å². The highest BCUT2D eigenvalue weighted by molar-refractivity contribution is 5.81. The molecule has 4 nitrogen and oxygen atoms in total. The van der Waals surface area contributed by atoms with Crippen LogP contribution >= 0.6 is 0 Å². The van der Waals surface area contributed by atoms with Gasteiger partial charge in [0.25, 0.3) is 0 Å². The first-order chi connectivity index (χ1) is 12.9. The van der Waals surface area contributed by atoms with Crippen molar-refractivity contribution in [1.29, 1.82) is 0 Å². The molecule has 1 aliphatic rings. The standard InChI is InChI=1S/C22H19N3O/c1-2-6-16(7-3-1)22-19-15-25(13-11-21(19)26-24-22)14-17-10-12-23-20-9-5-4-8-18(17)20/h1-10,12H,11,13-15H2. The summed E-state index contributed by atoms with van der Waals surface area (Å²) in [6.45, 7) is 2.74. The lowest BCUT2D eigenvalue weighted by Crippen LogP contribution is -2.29. The Morgan fingerprint density at radius 3 is 2.73 bits per heavy atom. The second-order valence-corrected chi connectivity index (χ2v) is 6.75. The molecule has 5 rings (SSSR count). The van der Waals surface area contributed by atoms with Gasteiger partial charge in [-0.2, -0.15) is 0 Å². The molecule has 0 unspecified atom stereocenters. The lowest BCUT2D eigenvalue weighted by molar-refractivity contribution is 0.229. The fraction of sp³-hybridized carbons (Fsp3) is 0.182. The van der Waals surface area contributed by atoms with Crippen molar-refractivity contribution in [3.63, 3.8) is 0 Å². The molecule has 1 aliphatic heterocycles. The molecular weight excluding hydrogens is 322 g/mol. The number of pyridine rings is 1. The van der Waals surface area contributed by atoms with Crippen molar-refractivity contribution < 1.29 is 4.52 Å². The van der Waals surface area contributed by atoms with Gasteiger partial charge < -0.3 is 4.52 Å². The van der Waals surface area contributed by atoms with Crippen molar-refractivity contribution in [2.45, 2.75) is 19.5 Å². The molecule has 0 amide bonds. The summed E-state index contributed by atoms with van der Waals surface area (Å²) in [7, 11) is 0. The summed E-state index contributed by atoms with van der Waals surface area (Å²) in [5.74, 6) is 1.03. The number of para-hydroxylation sites is 1. The molecule has 0 saturated heterocycles. The molecule has 3 heterocycles. The van der Waals surface area contributed by atoms with Gasteiger partial charge in [0.15, 0.2) is 0 Å². The van der Waals surface area contributed by atoms with Crippen molar-refractivity contribution in [1.82, 2.24) is 15.0 Å². The predicted molar refractivity (Wildman–Crippen MR) is 102 cm³/mol. The zero-order valence-corrected chi connectivity index (χ0v) is 14.4. The summed E-state index contributed by atoms with van der Waals surface area (Å²) in [5.41, 5.74) is 5.69. The molecule has 0 radical (unpaired) electrons. The first-order valence-electron chi connectivity index (χ1n) is 8.96. The highest BCUT2D eigenvalue weighted by Gasteiger charge is 2.25. The molecule has 4 heteroatoms. The van der Waals surface area contributed by atoms with Gasteiger partial charge in [0.2, 0.25) is 0 Å². The second kappa shape index (κ2) is 6.39. The molecule has 0 spiro atoms. The Balaban J connectivity index is 1.45. The SMILES string of the molecule is c1ccc(-c2noc3c2CN(Cc2ccnc4ccccc24)CC3)cc1. The van der Waals surface area contributed by atoms with Gasteiger partial charge >= 0.3 is 0 Å². The van der Waals surface area contributed by atoms with E-state index in [4.69, 9.17) is 4.52 Å². The molecule has 2 aromatic carbocycles. The van der Waals surface area contributed by atoms with Crippen LogP contribution in [0.5, 0.6) is 0 Å². The smallest absolute Gasteiger partial charge is 0.143 e. The monoisotopic (exact) mass is 341 g/mol. The van der Waals surface area contributed by atoms with Crippen molar-refractivity contribution in [3.8, 4) is 11.3 Å². The van der Waals surface area contributed by atoms with Gasteiger partial charge in [-0.15, -0.1) is 0 Å². The van der Waals surface area contributed by atoms with Gasteiger partial charge in [-0.1, -0.05) is 53.7 Å². The van der Waals surface area contributed by atoms with Crippen molar-refractivity contribution in [3.05, 3.63) is 83.7 Å². The second-order valence-electron chi connectivity index (χ2n) is 6.75. The first kappa shape index (κ1) is 15.3. The van der Waals surface area contributed by atoms with Gasteiger partial charge in [-0.3, -0.25) is 9.88 Å². The molecule has 0 aliphatic carbocycles. The lowest BCUT2D eigenvalue weighted by atomic mass is 10.0. The van der Waals surface area contributed by atoms with E-state index in [1.807, 2.05) is 30.5 Å². The van der Waals surface area contributed by atoms with Gasteiger partial charge in [0.05, 0.1) is 5.52 Å². The minimum atomic E-state index is 0.861. The quantitative estimate of drug-likeness (QED) is 0.552. The summed E-state index contributed by atoms with van der Waals surface area (Å²) >= 11 is 0. The Morgan fingerprint density at radius 2 is 1.81 bits per heavy atom. The third kappa shape index (κ3) is 2.68. The van der Waals surface area contributed by atoms with Gasteiger partial charge in [0.1, 0.15) is 11.5 Å². The summed E-state index contributed by atoms with van der Waals surface area (Å²) in [6.07, 6.45) is 2.81. The number of rotatable bonds is 3. The van der Waals surface area contributed by atoms with E-state index >= 15 is 0 Å². The zero-order chi connectivity index (χ0) is 17.3. The summed E-state index contributed by atoms with van der Waals surface area (Å²) in [5, 5.41) is 5.58. The predicted octanol–water partition coefficient (Wildman–Crippen LogP) is 4.45. The van der Waals surface area contributed by atoms with Crippen molar-refractivity contribution in [2.75, 3.05) is 6.54 Å². The van der Waals surface area contributed by atoms with E-state index in [0.717, 1.165) is 48.6 Å². The minimum Gasteiger partial charge on any atom is -0.360 e. The number of aromatic nitrogens is 2. The Bertz CT molecular complexity index is 1050. The van der Waals surface area contributed by atoms with E-state index in [2.05, 4.69) is 51.4 Å². The molecule has 0 saturated carbocycles. The Morgan fingerprint density at radius 1 is 0.962 bits per heavy atom. The molecule has 0 N–H and O–H groups in total. The van der Waals surface area contributed by atoms with E-state index in [1.54, 1.807) is 0 Å². The average Bonchev–Trinajstić information content (AvgIpc) is 3.12. The Kier molecular flexibility index (Phi) is 3.76. The van der Waals surface area contributed by atoms with Crippen LogP contribution in [0, 0.1) is 0 Å². The van der Waals surface area contributed by atoms with Crippen LogP contribution < -0.4 is 0 Å². The Labute approximate surface area is 152 Å². The maximum Gasteiger partial charge on any atom is 0.143 e. The third-order valence-corrected chi connectivity index (χ3v) is 5.09. The minimum absolute atomic E-state index is 0.861. The molecule has 26 heavy (non-hydrogen) atoms. The fourth-order valence-corrected chi connectivity index (χ4v) is 3.76. The van der Waals surface area contributed by atoms with E-state index in [0.29, 0.717) is 0 Å². The van der Waals surface area contributed by atoms with Crippen LogP contribution in [0.15, 0.2) is 71.4 Å². The molecule has 0 fully saturated rings. The number of benzene rings is 2. The van der Waals surface area contributed by atoms with Crippen molar-refractivity contribution >= 4 is 10.9 Å². The maximum atomic E-state index is 5.62. The molecular formula is C22H19N3O. The lowest BCUT2D eigenvalue weighted by Gasteiger charge is -2.26. The van der Waals surface area contributed by atoms with Crippen LogP contribution in [0.3, 0.4) is 0 Å². The summed E-state index contributed by atoms with van der Waals surface area (Å²) in [4.78, 5) is 6.94. The molecule has 2 aromatic heterocycles. The van der Waals surface area contributed by atoms with Crippen molar-refractivity contribution in [2.24, 2.45) is 0 Å². The van der Waals surface area contributed by atoms with Crippen LogP contribution in [-0.4, -0.2) is 21.6 Å². The van der Waals surface area contributed by atoms with E-state index in [9.17, 15) is 0 Å². The van der Waals surface area contributed by atoms with E-state index in [-0.39, 0.29) is 0 Å². The van der Waals surface area contributed by atoms with E-state index < -0.39 is 0 Å². The number of hydrogen-bond acceptors (Lipinski definition) is 4. The topological polar surface area (TPSA) is 42.2 Å². The summed E-state index contributed by atoms with van der Waals surface area (Å²) < 4.78 is 5.62. The number of nitrogens with zero attached hydrogens (tertiary/aromatic N) is 3. The summed E-state index contributed by atoms with van der Waals surface area (Å²) in [6, 6.07) is 20.8. The largest absolute Gasteiger partial charge is 0.360 e.